The normalized spacial score (nSPS) is 48.2. The zero-order chi connectivity index (χ0) is 18.0. The van der Waals surface area contributed by atoms with Crippen molar-refractivity contribution in [1.29, 1.82) is 0 Å². The number of thiocarbonyl (C=S) groups is 1. The fourth-order valence-corrected chi connectivity index (χ4v) is 7.62. The van der Waals surface area contributed by atoms with Gasteiger partial charge in [0.25, 0.3) is 0 Å². The van der Waals surface area contributed by atoms with Gasteiger partial charge >= 0.3 is 0 Å². The minimum Gasteiger partial charge on any atom is -0.333 e. The maximum Gasteiger partial charge on any atom is 0.209 e. The molecule has 0 heterocycles. The van der Waals surface area contributed by atoms with Crippen LogP contribution in [0.5, 0.6) is 0 Å². The van der Waals surface area contributed by atoms with E-state index in [1.807, 2.05) is 6.08 Å². The fraction of sp³-hybridized carbons (Fsp3) is 0.714. The number of hydrogen-bond acceptors (Lipinski definition) is 4. The van der Waals surface area contributed by atoms with E-state index in [2.05, 4.69) is 31.7 Å². The monoisotopic (exact) mass is 360 g/mol. The van der Waals surface area contributed by atoms with Gasteiger partial charge in [0.2, 0.25) is 5.05 Å². The van der Waals surface area contributed by atoms with Crippen molar-refractivity contribution >= 4 is 23.1 Å². The second-order valence-electron chi connectivity index (χ2n) is 9.25. The highest BCUT2D eigenvalue weighted by atomic mass is 32.1. The summed E-state index contributed by atoms with van der Waals surface area (Å²) in [5, 5.41) is 9.56. The maximum atomic E-state index is 11.8. The zero-order valence-corrected chi connectivity index (χ0v) is 16.1. The molecule has 3 fully saturated rings. The summed E-state index contributed by atoms with van der Waals surface area (Å²) in [6, 6.07) is 0. The Morgan fingerprint density at radius 2 is 2.08 bits per heavy atom. The number of rotatable bonds is 1. The largest absolute Gasteiger partial charge is 0.333 e. The molecule has 0 bridgehead atoms. The quantitative estimate of drug-likeness (QED) is 0.407. The van der Waals surface area contributed by atoms with Crippen molar-refractivity contribution in [2.45, 2.75) is 52.9 Å². The van der Waals surface area contributed by atoms with Crippen LogP contribution in [0.1, 0.15) is 52.9 Å². The van der Waals surface area contributed by atoms with Crippen LogP contribution in [0.4, 0.5) is 0 Å². The fourth-order valence-electron chi connectivity index (χ4n) is 7.12. The number of ketones is 1. The lowest BCUT2D eigenvalue weighted by atomic mass is 9.48. The van der Waals surface area contributed by atoms with Gasteiger partial charge in [-0.2, -0.15) is 0 Å². The standard InChI is InChI=1S/C21H28O3S/c1-12-10-17-15-5-4-13-11-14(22)6-8-20(13,2)16(15)7-9-21(17,3)18(12)19(25)24-23/h6,8,11-12,15-18,23H,4-5,7,9-10H2,1-3H3/t12-,15-,16+,17+,18-,20+,21+/m1/s1. The van der Waals surface area contributed by atoms with Gasteiger partial charge in [-0.15, -0.1) is 0 Å². The highest BCUT2D eigenvalue weighted by Crippen LogP contribution is 2.67. The summed E-state index contributed by atoms with van der Waals surface area (Å²) in [7, 11) is 0. The van der Waals surface area contributed by atoms with E-state index in [1.165, 1.54) is 12.0 Å². The van der Waals surface area contributed by atoms with Gasteiger partial charge in [-0.05, 0) is 85.6 Å². The van der Waals surface area contributed by atoms with Crippen LogP contribution in [0.3, 0.4) is 0 Å². The van der Waals surface area contributed by atoms with E-state index in [-0.39, 0.29) is 22.5 Å². The molecule has 136 valence electrons. The van der Waals surface area contributed by atoms with Crippen LogP contribution in [0.2, 0.25) is 0 Å². The Labute approximate surface area is 155 Å². The molecule has 0 aromatic rings. The molecule has 0 aliphatic heterocycles. The molecule has 0 aromatic heterocycles. The Hall–Kier alpha value is -1.00. The third-order valence-electron chi connectivity index (χ3n) is 8.24. The Kier molecular flexibility index (Phi) is 4.01. The van der Waals surface area contributed by atoms with Gasteiger partial charge in [0, 0.05) is 11.3 Å². The SMILES string of the molecule is C[C@@H]1C[C@H]2[C@@H]3CCC4=CC(=O)C=C[C@]4(C)[C@H]3CC[C@]2(C)[C@H]1C(=S)OO. The average Bonchev–Trinajstić information content (AvgIpc) is 2.85. The van der Waals surface area contributed by atoms with Gasteiger partial charge in [0.05, 0.1) is 0 Å². The Morgan fingerprint density at radius 1 is 1.32 bits per heavy atom. The van der Waals surface area contributed by atoms with Crippen molar-refractivity contribution in [3.8, 4) is 0 Å². The predicted molar refractivity (Wildman–Crippen MR) is 101 cm³/mol. The Morgan fingerprint density at radius 3 is 2.80 bits per heavy atom. The minimum atomic E-state index is 0.0352. The third kappa shape index (κ3) is 2.33. The van der Waals surface area contributed by atoms with E-state index in [4.69, 9.17) is 12.2 Å². The van der Waals surface area contributed by atoms with E-state index >= 15 is 0 Å². The van der Waals surface area contributed by atoms with Crippen molar-refractivity contribution in [3.05, 3.63) is 23.8 Å². The molecule has 0 amide bonds. The second-order valence-corrected chi connectivity index (χ2v) is 9.65. The first-order valence-corrected chi connectivity index (χ1v) is 10.0. The van der Waals surface area contributed by atoms with Crippen molar-refractivity contribution in [2.75, 3.05) is 0 Å². The lowest BCUT2D eigenvalue weighted by Gasteiger charge is -2.56. The molecule has 4 aliphatic rings. The Bertz CT molecular complexity index is 681. The number of carbonyl (C=O) groups is 1. The van der Waals surface area contributed by atoms with E-state index < -0.39 is 0 Å². The number of fused-ring (bicyclic) bond motifs is 5. The number of allylic oxidation sites excluding steroid dienone is 4. The smallest absolute Gasteiger partial charge is 0.209 e. The van der Waals surface area contributed by atoms with Crippen LogP contribution in [-0.2, 0) is 9.68 Å². The topological polar surface area (TPSA) is 46.5 Å². The minimum absolute atomic E-state index is 0.0352. The Balaban J connectivity index is 1.68. The van der Waals surface area contributed by atoms with Gasteiger partial charge in [-0.1, -0.05) is 32.4 Å². The first-order chi connectivity index (χ1) is 11.8. The summed E-state index contributed by atoms with van der Waals surface area (Å²) in [4.78, 5) is 16.4. The highest BCUT2D eigenvalue weighted by molar-refractivity contribution is 7.80. The maximum absolute atomic E-state index is 11.8. The van der Waals surface area contributed by atoms with Gasteiger partial charge < -0.3 is 4.89 Å². The molecule has 0 spiro atoms. The molecule has 0 aromatic carbocycles. The summed E-state index contributed by atoms with van der Waals surface area (Å²) in [6.45, 7) is 6.95. The summed E-state index contributed by atoms with van der Waals surface area (Å²) in [5.74, 6) is 2.63. The molecular weight excluding hydrogens is 332 g/mol. The lowest BCUT2D eigenvalue weighted by molar-refractivity contribution is -0.161. The van der Waals surface area contributed by atoms with Crippen LogP contribution in [0, 0.1) is 40.4 Å². The summed E-state index contributed by atoms with van der Waals surface area (Å²) < 4.78 is 0. The molecule has 4 aliphatic carbocycles. The van der Waals surface area contributed by atoms with Gasteiger partial charge in [0.1, 0.15) is 0 Å². The molecule has 7 atom stereocenters. The number of hydrogen-bond donors (Lipinski definition) is 1. The molecule has 3 saturated carbocycles. The molecular formula is C21H28O3S. The van der Waals surface area contributed by atoms with Crippen molar-refractivity contribution in [1.82, 2.24) is 0 Å². The molecule has 0 saturated heterocycles. The van der Waals surface area contributed by atoms with Crippen molar-refractivity contribution in [2.24, 2.45) is 40.4 Å². The van der Waals surface area contributed by atoms with Crippen molar-refractivity contribution in [3.63, 3.8) is 0 Å². The van der Waals surface area contributed by atoms with E-state index in [0.717, 1.165) is 25.7 Å². The second kappa shape index (κ2) is 5.75. The van der Waals surface area contributed by atoms with Crippen LogP contribution in [0.25, 0.3) is 0 Å². The van der Waals surface area contributed by atoms with Crippen LogP contribution < -0.4 is 0 Å². The zero-order valence-electron chi connectivity index (χ0n) is 15.3. The molecule has 4 heteroatoms. The van der Waals surface area contributed by atoms with E-state index in [9.17, 15) is 10.1 Å². The van der Waals surface area contributed by atoms with E-state index in [1.54, 1.807) is 6.08 Å². The van der Waals surface area contributed by atoms with Gasteiger partial charge in [-0.3, -0.25) is 4.79 Å². The van der Waals surface area contributed by atoms with Gasteiger partial charge in [-0.25, -0.2) is 5.26 Å². The van der Waals surface area contributed by atoms with E-state index in [0.29, 0.717) is 28.7 Å². The lowest BCUT2D eigenvalue weighted by Crippen LogP contribution is -2.50. The van der Waals surface area contributed by atoms with Crippen LogP contribution >= 0.6 is 12.2 Å². The predicted octanol–water partition coefficient (Wildman–Crippen LogP) is 4.97. The first kappa shape index (κ1) is 17.4. The highest BCUT2D eigenvalue weighted by Gasteiger charge is 2.61. The van der Waals surface area contributed by atoms with Crippen LogP contribution in [-0.4, -0.2) is 16.1 Å². The van der Waals surface area contributed by atoms with Crippen LogP contribution in [0.15, 0.2) is 23.8 Å². The first-order valence-electron chi connectivity index (χ1n) is 9.61. The van der Waals surface area contributed by atoms with Gasteiger partial charge in [0.15, 0.2) is 5.78 Å². The molecule has 4 rings (SSSR count). The molecule has 25 heavy (non-hydrogen) atoms. The number of carbonyl (C=O) groups excluding carboxylic acids is 1. The summed E-state index contributed by atoms with van der Waals surface area (Å²) in [5.41, 5.74) is 1.49. The molecule has 1 N–H and O–H groups in total. The molecule has 3 nitrogen and oxygen atoms in total. The summed E-state index contributed by atoms with van der Waals surface area (Å²) in [6.07, 6.45) is 11.5. The summed E-state index contributed by atoms with van der Waals surface area (Å²) >= 11 is 5.38. The van der Waals surface area contributed by atoms with Crippen molar-refractivity contribution < 1.29 is 14.9 Å². The third-order valence-corrected chi connectivity index (χ3v) is 8.57. The molecule has 0 radical (unpaired) electrons. The average molecular weight is 361 g/mol. The molecule has 0 unspecified atom stereocenters.